The van der Waals surface area contributed by atoms with E-state index in [9.17, 15) is 0 Å². The van der Waals surface area contributed by atoms with Gasteiger partial charge >= 0.3 is 0 Å². The summed E-state index contributed by atoms with van der Waals surface area (Å²) in [6.07, 6.45) is 3.95. The molecule has 0 aliphatic carbocycles. The fourth-order valence-corrected chi connectivity index (χ4v) is 4.35. The number of furan rings is 1. The van der Waals surface area contributed by atoms with Crippen molar-refractivity contribution in [3.8, 4) is 0 Å². The molecule has 0 bridgehead atoms. The molecule has 0 saturated carbocycles. The van der Waals surface area contributed by atoms with Gasteiger partial charge in [0.05, 0.1) is 6.26 Å². The Morgan fingerprint density at radius 3 is 2.78 bits per heavy atom. The standard InChI is InChI=1S/C21H20OS/c1-3-15-4-7-21-18(11-15)13-19(23-21)10-14(2)16-5-6-20-17(12-16)8-9-22-20/h4-9,11-14H,3,10H2,1-2H3. The van der Waals surface area contributed by atoms with Gasteiger partial charge in [0.1, 0.15) is 5.58 Å². The molecule has 2 aromatic heterocycles. The van der Waals surface area contributed by atoms with Gasteiger partial charge in [0, 0.05) is 15.0 Å². The predicted octanol–water partition coefficient (Wildman–Crippen LogP) is 6.56. The van der Waals surface area contributed by atoms with Crippen LogP contribution in [0.25, 0.3) is 21.1 Å². The summed E-state index contributed by atoms with van der Waals surface area (Å²) in [4.78, 5) is 1.47. The van der Waals surface area contributed by atoms with Crippen LogP contribution >= 0.6 is 11.3 Å². The first kappa shape index (κ1) is 14.5. The van der Waals surface area contributed by atoms with Gasteiger partial charge in [0.15, 0.2) is 0 Å². The van der Waals surface area contributed by atoms with E-state index in [2.05, 4.69) is 56.3 Å². The largest absolute Gasteiger partial charge is 0.464 e. The molecule has 1 unspecified atom stereocenters. The van der Waals surface area contributed by atoms with Crippen LogP contribution in [0.3, 0.4) is 0 Å². The van der Waals surface area contributed by atoms with Gasteiger partial charge in [-0.1, -0.05) is 32.0 Å². The van der Waals surface area contributed by atoms with E-state index in [-0.39, 0.29) is 0 Å². The van der Waals surface area contributed by atoms with Gasteiger partial charge < -0.3 is 4.42 Å². The van der Waals surface area contributed by atoms with Crippen LogP contribution in [-0.4, -0.2) is 0 Å². The maximum Gasteiger partial charge on any atom is 0.133 e. The molecule has 0 N–H and O–H groups in total. The molecule has 2 heteroatoms. The first-order valence-corrected chi connectivity index (χ1v) is 9.03. The Bertz CT molecular complexity index is 960. The van der Waals surface area contributed by atoms with Crippen molar-refractivity contribution < 1.29 is 4.42 Å². The highest BCUT2D eigenvalue weighted by Crippen LogP contribution is 2.31. The molecule has 0 saturated heterocycles. The Hall–Kier alpha value is -2.06. The maximum atomic E-state index is 5.43. The predicted molar refractivity (Wildman–Crippen MR) is 99.5 cm³/mol. The first-order valence-electron chi connectivity index (χ1n) is 8.21. The van der Waals surface area contributed by atoms with Gasteiger partial charge in [-0.3, -0.25) is 0 Å². The Labute approximate surface area is 140 Å². The molecular weight excluding hydrogens is 300 g/mol. The fourth-order valence-electron chi connectivity index (χ4n) is 3.18. The molecule has 0 radical (unpaired) electrons. The monoisotopic (exact) mass is 320 g/mol. The summed E-state index contributed by atoms with van der Waals surface area (Å²) in [7, 11) is 0. The second-order valence-electron chi connectivity index (χ2n) is 6.26. The van der Waals surface area contributed by atoms with Crippen molar-refractivity contribution in [3.05, 3.63) is 70.8 Å². The molecule has 1 atom stereocenters. The van der Waals surface area contributed by atoms with Crippen LogP contribution in [0, 0.1) is 0 Å². The molecule has 4 rings (SSSR count). The lowest BCUT2D eigenvalue weighted by molar-refractivity contribution is 0.615. The summed E-state index contributed by atoms with van der Waals surface area (Å²) in [6, 6.07) is 17.8. The summed E-state index contributed by atoms with van der Waals surface area (Å²) in [5, 5.41) is 2.58. The van der Waals surface area contributed by atoms with Crippen LogP contribution in [0.5, 0.6) is 0 Å². The van der Waals surface area contributed by atoms with Gasteiger partial charge in [-0.2, -0.15) is 0 Å². The lowest BCUT2D eigenvalue weighted by Gasteiger charge is -2.10. The number of hydrogen-bond acceptors (Lipinski definition) is 2. The highest BCUT2D eigenvalue weighted by Gasteiger charge is 2.11. The Morgan fingerprint density at radius 1 is 1.00 bits per heavy atom. The smallest absolute Gasteiger partial charge is 0.133 e. The van der Waals surface area contributed by atoms with Gasteiger partial charge in [-0.25, -0.2) is 0 Å². The third-order valence-electron chi connectivity index (χ3n) is 4.59. The Kier molecular flexibility index (Phi) is 3.70. The molecule has 23 heavy (non-hydrogen) atoms. The van der Waals surface area contributed by atoms with Crippen LogP contribution in [0.15, 0.2) is 59.2 Å². The molecule has 0 fully saturated rings. The van der Waals surface area contributed by atoms with Gasteiger partial charge in [0.25, 0.3) is 0 Å². The normalized spacial score (nSPS) is 13.0. The maximum absolute atomic E-state index is 5.43. The zero-order chi connectivity index (χ0) is 15.8. The molecule has 2 heterocycles. The lowest BCUT2D eigenvalue weighted by Crippen LogP contribution is -1.96. The SMILES string of the molecule is CCc1ccc2sc(CC(C)c3ccc4occc4c3)cc2c1. The van der Waals surface area contributed by atoms with Crippen molar-refractivity contribution in [2.24, 2.45) is 0 Å². The quantitative estimate of drug-likeness (QED) is 0.415. The second kappa shape index (κ2) is 5.86. The van der Waals surface area contributed by atoms with Crippen LogP contribution in [0.4, 0.5) is 0 Å². The molecule has 0 amide bonds. The molecular formula is C21H20OS. The van der Waals surface area contributed by atoms with E-state index in [1.54, 1.807) is 6.26 Å². The van der Waals surface area contributed by atoms with Gasteiger partial charge in [-0.05, 0) is 65.6 Å². The number of hydrogen-bond donors (Lipinski definition) is 0. The molecule has 0 aliphatic heterocycles. The minimum Gasteiger partial charge on any atom is -0.464 e. The zero-order valence-electron chi connectivity index (χ0n) is 13.5. The van der Waals surface area contributed by atoms with E-state index in [0.29, 0.717) is 5.92 Å². The molecule has 0 spiro atoms. The lowest BCUT2D eigenvalue weighted by atomic mass is 9.96. The van der Waals surface area contributed by atoms with E-state index >= 15 is 0 Å². The fraction of sp³-hybridized carbons (Fsp3) is 0.238. The van der Waals surface area contributed by atoms with Crippen molar-refractivity contribution in [2.75, 3.05) is 0 Å². The molecule has 4 aromatic rings. The summed E-state index contributed by atoms with van der Waals surface area (Å²) >= 11 is 1.93. The van der Waals surface area contributed by atoms with E-state index in [0.717, 1.165) is 18.4 Å². The summed E-state index contributed by atoms with van der Waals surface area (Å²) in [5.41, 5.74) is 3.76. The first-order chi connectivity index (χ1) is 11.2. The van der Waals surface area contributed by atoms with E-state index < -0.39 is 0 Å². The van der Waals surface area contributed by atoms with E-state index in [1.165, 1.54) is 31.5 Å². The number of benzene rings is 2. The van der Waals surface area contributed by atoms with Crippen molar-refractivity contribution in [1.82, 2.24) is 0 Å². The minimum atomic E-state index is 0.507. The number of rotatable bonds is 4. The highest BCUT2D eigenvalue weighted by molar-refractivity contribution is 7.19. The summed E-state index contributed by atoms with van der Waals surface area (Å²) in [6.45, 7) is 4.52. The molecule has 2 aromatic carbocycles. The Morgan fingerprint density at radius 2 is 1.91 bits per heavy atom. The summed E-state index contributed by atoms with van der Waals surface area (Å²) in [5.74, 6) is 0.507. The van der Waals surface area contributed by atoms with Gasteiger partial charge in [0.2, 0.25) is 0 Å². The van der Waals surface area contributed by atoms with Crippen molar-refractivity contribution >= 4 is 32.4 Å². The van der Waals surface area contributed by atoms with Crippen LogP contribution in [-0.2, 0) is 12.8 Å². The number of fused-ring (bicyclic) bond motifs is 2. The number of thiophene rings is 1. The van der Waals surface area contributed by atoms with E-state index in [1.807, 2.05) is 17.4 Å². The zero-order valence-corrected chi connectivity index (χ0v) is 14.3. The van der Waals surface area contributed by atoms with E-state index in [4.69, 9.17) is 4.42 Å². The third-order valence-corrected chi connectivity index (χ3v) is 5.73. The summed E-state index contributed by atoms with van der Waals surface area (Å²) < 4.78 is 6.83. The van der Waals surface area contributed by atoms with Crippen molar-refractivity contribution in [2.45, 2.75) is 32.6 Å². The second-order valence-corrected chi connectivity index (χ2v) is 7.43. The van der Waals surface area contributed by atoms with Gasteiger partial charge in [-0.15, -0.1) is 11.3 Å². The van der Waals surface area contributed by atoms with Crippen LogP contribution in [0.1, 0.15) is 35.8 Å². The average molecular weight is 320 g/mol. The Balaban J connectivity index is 1.61. The molecule has 116 valence electrons. The highest BCUT2D eigenvalue weighted by atomic mass is 32.1. The number of aryl methyl sites for hydroxylation is 1. The minimum absolute atomic E-state index is 0.507. The average Bonchev–Trinajstić information content (AvgIpc) is 3.18. The van der Waals surface area contributed by atoms with Crippen LogP contribution < -0.4 is 0 Å². The molecule has 1 nitrogen and oxygen atoms in total. The van der Waals surface area contributed by atoms with Crippen molar-refractivity contribution in [3.63, 3.8) is 0 Å². The van der Waals surface area contributed by atoms with Crippen molar-refractivity contribution in [1.29, 1.82) is 0 Å². The third kappa shape index (κ3) is 2.79. The topological polar surface area (TPSA) is 13.1 Å². The van der Waals surface area contributed by atoms with Crippen LogP contribution in [0.2, 0.25) is 0 Å². The molecule has 0 aliphatic rings.